The van der Waals surface area contributed by atoms with Crippen LogP contribution in [0.2, 0.25) is 10.0 Å². The van der Waals surface area contributed by atoms with Crippen molar-refractivity contribution in [3.63, 3.8) is 0 Å². The van der Waals surface area contributed by atoms with E-state index in [1.165, 1.54) is 32.9 Å². The van der Waals surface area contributed by atoms with E-state index in [1.54, 1.807) is 6.07 Å². The molecular weight excluding hydrogens is 631 g/mol. The van der Waals surface area contributed by atoms with Gasteiger partial charge in [0.15, 0.2) is 0 Å². The van der Waals surface area contributed by atoms with E-state index < -0.39 is 39.0 Å². The van der Waals surface area contributed by atoms with Crippen molar-refractivity contribution < 1.29 is 29.3 Å². The van der Waals surface area contributed by atoms with Gasteiger partial charge in [0.2, 0.25) is 0 Å². The van der Waals surface area contributed by atoms with Crippen molar-refractivity contribution in [3.8, 4) is 0 Å². The molecule has 0 aliphatic heterocycles. The topological polar surface area (TPSA) is 179 Å². The molecule has 0 spiro atoms. The Morgan fingerprint density at radius 3 is 1.82 bits per heavy atom. The highest BCUT2D eigenvalue weighted by molar-refractivity contribution is 9.10. The molecule has 0 atom stereocenters. The number of ether oxygens (including phenoxy) is 1. The first-order chi connectivity index (χ1) is 15.5. The van der Waals surface area contributed by atoms with E-state index in [1.807, 2.05) is 0 Å². The second-order valence-corrected chi connectivity index (χ2v) is 9.61. The second-order valence-electron chi connectivity index (χ2n) is 7.14. The molecule has 12 nitrogen and oxygen atoms in total. The summed E-state index contributed by atoms with van der Waals surface area (Å²) in [4.78, 5) is 43.6. The van der Waals surface area contributed by atoms with E-state index in [9.17, 15) is 34.9 Å². The molecule has 184 valence electrons. The summed E-state index contributed by atoms with van der Waals surface area (Å²) in [5.41, 5.74) is 2.96. The normalized spacial score (nSPS) is 10.6. The van der Waals surface area contributed by atoms with Gasteiger partial charge >= 0.3 is 23.6 Å². The van der Waals surface area contributed by atoms with Crippen LogP contribution in [0.3, 0.4) is 0 Å². The van der Waals surface area contributed by atoms with Crippen molar-refractivity contribution in [2.45, 2.75) is 26.4 Å². The fraction of sp³-hybridized carbons (Fsp3) is 0.222. The van der Waals surface area contributed by atoms with Crippen LogP contribution in [0.15, 0.2) is 33.2 Å². The Balaban J connectivity index is 0.000000404. The first-order valence-electron chi connectivity index (χ1n) is 8.75. The number of nitrogen functional groups attached to an aromatic ring is 1. The number of halogens is 4. The number of carbonyl (C=O) groups is 2. The van der Waals surface area contributed by atoms with Gasteiger partial charge in [0.05, 0.1) is 9.85 Å². The lowest BCUT2D eigenvalue weighted by atomic mass is 10.2. The highest BCUT2D eigenvalue weighted by Crippen LogP contribution is 2.40. The molecule has 16 heteroatoms. The van der Waals surface area contributed by atoms with Crippen LogP contribution in [-0.4, -0.2) is 32.7 Å². The molecule has 0 aliphatic carbocycles. The Hall–Kier alpha value is -2.68. The van der Waals surface area contributed by atoms with Crippen molar-refractivity contribution >= 4 is 90.0 Å². The van der Waals surface area contributed by atoms with Crippen molar-refractivity contribution in [1.29, 1.82) is 0 Å². The van der Waals surface area contributed by atoms with Gasteiger partial charge in [-0.05, 0) is 76.9 Å². The van der Waals surface area contributed by atoms with Gasteiger partial charge in [-0.1, -0.05) is 23.2 Å². The minimum absolute atomic E-state index is 0.0278. The van der Waals surface area contributed by atoms with Crippen LogP contribution in [0.25, 0.3) is 0 Å². The quantitative estimate of drug-likeness (QED) is 0.201. The molecule has 0 saturated heterocycles. The molecule has 0 saturated carbocycles. The zero-order valence-electron chi connectivity index (χ0n) is 17.5. The molecule has 34 heavy (non-hydrogen) atoms. The maximum atomic E-state index is 12.0. The van der Waals surface area contributed by atoms with Crippen molar-refractivity contribution in [2.75, 3.05) is 10.6 Å². The summed E-state index contributed by atoms with van der Waals surface area (Å²) in [6.45, 7) is 4.61. The van der Waals surface area contributed by atoms with Crippen molar-refractivity contribution in [3.05, 3.63) is 63.5 Å². The van der Waals surface area contributed by atoms with Gasteiger partial charge in [0.25, 0.3) is 0 Å². The predicted octanol–water partition coefficient (Wildman–Crippen LogP) is 7.02. The number of hydrogen-bond donors (Lipinski definition) is 2. The Morgan fingerprint density at radius 1 is 1.00 bits per heavy atom. The number of nitrogens with two attached hydrogens (primary N) is 1. The van der Waals surface area contributed by atoms with Gasteiger partial charge in [-0.2, -0.15) is 4.90 Å². The molecule has 2 aromatic rings. The molecular formula is C18H16Br2Cl2N4O8. The number of carboxylic acid groups (broad SMARTS) is 1. The van der Waals surface area contributed by atoms with Crippen LogP contribution < -0.4 is 10.6 Å². The number of hydrogen-bond acceptors (Lipinski definition) is 8. The first kappa shape index (κ1) is 29.4. The zero-order chi connectivity index (χ0) is 26.5. The Morgan fingerprint density at radius 2 is 1.44 bits per heavy atom. The monoisotopic (exact) mass is 644 g/mol. The standard InChI is InChI=1S/C12H12BrClN2O6.C6H4BrClN2O2/c1-12(2,3)22-11(19)15(10(17)18)7-5-4-6(13)8(14)9(7)16(20)21;7-3-1-2-4(9)6(5(3)8)10(11)12/h4-5H,1-3H3,(H,17,18);1-2H,9H2. The summed E-state index contributed by atoms with van der Waals surface area (Å²) in [6.07, 6.45) is -2.99. The first-order valence-corrected chi connectivity index (χ1v) is 11.1. The third kappa shape index (κ3) is 7.41. The summed E-state index contributed by atoms with van der Waals surface area (Å²) in [5, 5.41) is 30.5. The number of rotatable bonds is 3. The molecule has 0 aromatic heterocycles. The van der Waals surface area contributed by atoms with Crippen LogP contribution in [0, 0.1) is 20.2 Å². The SMILES string of the molecule is CC(C)(C)OC(=O)N(C(=O)O)c1ccc(Br)c(Cl)c1[N+](=O)[O-].Nc1ccc(Br)c(Cl)c1[N+](=O)[O-]. The van der Waals surface area contributed by atoms with Crippen molar-refractivity contribution in [1.82, 2.24) is 0 Å². The Labute approximate surface area is 219 Å². The molecule has 0 radical (unpaired) electrons. The maximum absolute atomic E-state index is 12.0. The van der Waals surface area contributed by atoms with Gasteiger partial charge in [-0.3, -0.25) is 20.2 Å². The van der Waals surface area contributed by atoms with E-state index in [0.29, 0.717) is 4.47 Å². The summed E-state index contributed by atoms with van der Waals surface area (Å²) >= 11 is 17.5. The van der Waals surface area contributed by atoms with Crippen LogP contribution in [0.5, 0.6) is 0 Å². The smallest absolute Gasteiger partial charge is 0.424 e. The zero-order valence-corrected chi connectivity index (χ0v) is 22.2. The van der Waals surface area contributed by atoms with Gasteiger partial charge in [0.1, 0.15) is 27.0 Å². The number of anilines is 2. The Bertz CT molecular complexity index is 1160. The summed E-state index contributed by atoms with van der Waals surface area (Å²) in [6, 6.07) is 5.37. The van der Waals surface area contributed by atoms with E-state index in [-0.39, 0.29) is 30.8 Å². The summed E-state index contributed by atoms with van der Waals surface area (Å²) in [7, 11) is 0. The molecule has 0 bridgehead atoms. The molecule has 3 N–H and O–H groups in total. The minimum Gasteiger partial charge on any atom is -0.464 e. The van der Waals surface area contributed by atoms with E-state index in [0.717, 1.165) is 6.07 Å². The fourth-order valence-electron chi connectivity index (χ4n) is 2.21. The van der Waals surface area contributed by atoms with Crippen molar-refractivity contribution in [2.24, 2.45) is 0 Å². The largest absolute Gasteiger partial charge is 0.464 e. The van der Waals surface area contributed by atoms with Gasteiger partial charge in [-0.15, -0.1) is 0 Å². The van der Waals surface area contributed by atoms with Crippen LogP contribution in [0.4, 0.5) is 32.3 Å². The highest BCUT2D eigenvalue weighted by atomic mass is 79.9. The lowest BCUT2D eigenvalue weighted by Gasteiger charge is -2.24. The van der Waals surface area contributed by atoms with Crippen LogP contribution in [-0.2, 0) is 4.74 Å². The molecule has 2 amide bonds. The second kappa shape index (κ2) is 11.6. The Kier molecular flexibility index (Phi) is 10.0. The average molecular weight is 647 g/mol. The number of benzene rings is 2. The number of nitrogens with zero attached hydrogens (tertiary/aromatic N) is 3. The van der Waals surface area contributed by atoms with Gasteiger partial charge < -0.3 is 15.6 Å². The predicted molar refractivity (Wildman–Crippen MR) is 133 cm³/mol. The third-order valence-electron chi connectivity index (χ3n) is 3.52. The van der Waals surface area contributed by atoms with Crippen LogP contribution in [0.1, 0.15) is 20.8 Å². The van der Waals surface area contributed by atoms with Crippen LogP contribution >= 0.6 is 55.1 Å². The summed E-state index contributed by atoms with van der Waals surface area (Å²) < 4.78 is 5.61. The van der Waals surface area contributed by atoms with E-state index in [2.05, 4.69) is 31.9 Å². The van der Waals surface area contributed by atoms with E-state index >= 15 is 0 Å². The maximum Gasteiger partial charge on any atom is 0.424 e. The number of amides is 2. The molecule has 0 aliphatic rings. The number of imide groups is 1. The number of carbonyl (C=O) groups excluding carboxylic acids is 1. The third-order valence-corrected chi connectivity index (χ3v) is 6.06. The van der Waals surface area contributed by atoms with Gasteiger partial charge in [-0.25, -0.2) is 9.59 Å². The fourth-order valence-corrected chi connectivity index (χ4v) is 3.32. The van der Waals surface area contributed by atoms with E-state index in [4.69, 9.17) is 33.7 Å². The lowest BCUT2D eigenvalue weighted by Crippen LogP contribution is -2.40. The minimum atomic E-state index is -1.73. The summed E-state index contributed by atoms with van der Waals surface area (Å²) in [5.74, 6) is 0. The molecule has 2 rings (SSSR count). The molecule has 0 unspecified atom stereocenters. The molecule has 2 aromatic carbocycles. The van der Waals surface area contributed by atoms with Gasteiger partial charge in [0, 0.05) is 8.95 Å². The molecule has 0 heterocycles. The average Bonchev–Trinajstić information content (AvgIpc) is 2.66. The number of nitro groups is 2. The molecule has 0 fully saturated rings. The lowest BCUT2D eigenvalue weighted by molar-refractivity contribution is -0.384. The number of nitro benzene ring substituents is 2. The highest BCUT2D eigenvalue weighted by Gasteiger charge is 2.35.